The van der Waals surface area contributed by atoms with Gasteiger partial charge in [0.2, 0.25) is 0 Å². The average molecular weight is 243 g/mol. The van der Waals surface area contributed by atoms with Gasteiger partial charge in [0, 0.05) is 0 Å². The van der Waals surface area contributed by atoms with Crippen LogP contribution in [0.15, 0.2) is 0 Å². The molecule has 0 nitrogen and oxygen atoms in total. The van der Waals surface area contributed by atoms with Crippen LogP contribution in [0.2, 0.25) is 37.8 Å². The zero-order chi connectivity index (χ0) is 9.99. The predicted octanol–water partition coefficient (Wildman–Crippen LogP) is 4.65. The van der Waals surface area contributed by atoms with Crippen molar-refractivity contribution in [1.29, 1.82) is 0 Å². The molecule has 0 spiro atoms. The summed E-state index contributed by atoms with van der Waals surface area (Å²) < 4.78 is 0. The zero-order valence-corrected chi connectivity index (χ0v) is 12.3. The van der Waals surface area contributed by atoms with Crippen molar-refractivity contribution >= 4 is 36.9 Å². The highest BCUT2D eigenvalue weighted by molar-refractivity contribution is 7.22. The fourth-order valence-corrected chi connectivity index (χ4v) is 9.47. The van der Waals surface area contributed by atoms with E-state index in [4.69, 9.17) is 22.2 Å². The molecule has 0 fully saturated rings. The molecule has 0 aromatic carbocycles. The Labute approximate surface area is 88.1 Å². The topological polar surface area (TPSA) is 0 Å². The number of hydrogen-bond acceptors (Lipinski definition) is 0. The number of rotatable bonds is 4. The summed E-state index contributed by atoms with van der Waals surface area (Å²) in [6.07, 6.45) is 1.19. The van der Waals surface area contributed by atoms with E-state index in [9.17, 15) is 0 Å². The molecule has 0 heterocycles. The Morgan fingerprint density at radius 2 is 1.50 bits per heavy atom. The Morgan fingerprint density at radius 1 is 1.08 bits per heavy atom. The van der Waals surface area contributed by atoms with Crippen LogP contribution in [-0.2, 0) is 0 Å². The van der Waals surface area contributed by atoms with Crippen molar-refractivity contribution in [3.8, 4) is 0 Å². The standard InChI is InChI=1S/C8H20Cl2Si2/c1-6-8(12(4,5)10)7-11(2,3)9/h8H,6-7H2,1-5H3. The minimum Gasteiger partial charge on any atom is -0.168 e. The third kappa shape index (κ3) is 5.62. The SMILES string of the molecule is CCC(C[Si](C)(C)Cl)[Si](C)(C)Cl. The molecule has 1 atom stereocenters. The first-order chi connectivity index (χ1) is 5.17. The summed E-state index contributed by atoms with van der Waals surface area (Å²) in [6, 6.07) is 1.17. The fraction of sp³-hybridized carbons (Fsp3) is 1.00. The van der Waals surface area contributed by atoms with Gasteiger partial charge in [-0.25, -0.2) is 0 Å². The van der Waals surface area contributed by atoms with Crippen LogP contribution in [0, 0.1) is 0 Å². The Kier molecular flexibility index (Phi) is 4.87. The van der Waals surface area contributed by atoms with Crippen LogP contribution in [0.5, 0.6) is 0 Å². The molecule has 0 radical (unpaired) electrons. The third-order valence-electron chi connectivity index (χ3n) is 2.20. The molecule has 0 aromatic heterocycles. The first-order valence-corrected chi connectivity index (χ1v) is 12.9. The van der Waals surface area contributed by atoms with Gasteiger partial charge < -0.3 is 0 Å². The minimum atomic E-state index is -1.47. The van der Waals surface area contributed by atoms with Crippen molar-refractivity contribution in [3.05, 3.63) is 0 Å². The first-order valence-electron chi connectivity index (χ1n) is 4.54. The predicted molar refractivity (Wildman–Crippen MR) is 65.5 cm³/mol. The zero-order valence-electron chi connectivity index (χ0n) is 8.75. The maximum atomic E-state index is 6.41. The Bertz CT molecular complexity index is 135. The van der Waals surface area contributed by atoms with Crippen LogP contribution in [0.1, 0.15) is 13.3 Å². The maximum absolute atomic E-state index is 6.41. The smallest absolute Gasteiger partial charge is 0.153 e. The van der Waals surface area contributed by atoms with E-state index in [1.165, 1.54) is 12.5 Å². The van der Waals surface area contributed by atoms with Gasteiger partial charge in [0.15, 0.2) is 14.8 Å². The highest BCUT2D eigenvalue weighted by Gasteiger charge is 2.33. The molecule has 12 heavy (non-hydrogen) atoms. The molecule has 4 heteroatoms. The summed E-state index contributed by atoms with van der Waals surface area (Å²) in [4.78, 5) is 0. The molecular formula is C8H20Cl2Si2. The van der Waals surface area contributed by atoms with E-state index in [2.05, 4.69) is 33.1 Å². The van der Waals surface area contributed by atoms with Gasteiger partial charge in [-0.1, -0.05) is 39.5 Å². The van der Waals surface area contributed by atoms with E-state index in [0.29, 0.717) is 5.54 Å². The molecular weight excluding hydrogens is 223 g/mol. The summed E-state index contributed by atoms with van der Waals surface area (Å²) in [5.41, 5.74) is 0.693. The summed E-state index contributed by atoms with van der Waals surface area (Å²) in [5, 5.41) is 0. The lowest BCUT2D eigenvalue weighted by Crippen LogP contribution is -2.31. The van der Waals surface area contributed by atoms with Crippen molar-refractivity contribution in [2.24, 2.45) is 0 Å². The summed E-state index contributed by atoms with van der Waals surface area (Å²) >= 11 is 12.7. The van der Waals surface area contributed by atoms with Crippen LogP contribution >= 0.6 is 22.2 Å². The van der Waals surface area contributed by atoms with Crippen LogP contribution in [0.3, 0.4) is 0 Å². The molecule has 0 aliphatic carbocycles. The van der Waals surface area contributed by atoms with Gasteiger partial charge in [-0.3, -0.25) is 0 Å². The second-order valence-corrected chi connectivity index (χ2v) is 18.4. The highest BCUT2D eigenvalue weighted by atomic mass is 35.6. The molecule has 0 rings (SSSR count). The van der Waals surface area contributed by atoms with E-state index in [0.717, 1.165) is 0 Å². The molecule has 0 N–H and O–H groups in total. The summed E-state index contributed by atoms with van der Waals surface area (Å²) in [6.45, 7) is 11.1. The van der Waals surface area contributed by atoms with Crippen LogP contribution in [0.4, 0.5) is 0 Å². The Hall–Kier alpha value is 1.01. The monoisotopic (exact) mass is 242 g/mol. The maximum Gasteiger partial charge on any atom is 0.153 e. The van der Waals surface area contributed by atoms with Gasteiger partial charge in [-0.05, 0) is 11.6 Å². The normalized spacial score (nSPS) is 16.2. The van der Waals surface area contributed by atoms with Gasteiger partial charge in [0.05, 0.1) is 0 Å². The van der Waals surface area contributed by atoms with Crippen LogP contribution in [0.25, 0.3) is 0 Å². The van der Waals surface area contributed by atoms with E-state index in [1.807, 2.05) is 0 Å². The van der Waals surface area contributed by atoms with Crippen LogP contribution < -0.4 is 0 Å². The number of hydrogen-bond donors (Lipinski definition) is 0. The van der Waals surface area contributed by atoms with Crippen molar-refractivity contribution in [2.45, 2.75) is 51.1 Å². The first kappa shape index (κ1) is 13.0. The quantitative estimate of drug-likeness (QED) is 0.498. The van der Waals surface area contributed by atoms with Crippen molar-refractivity contribution < 1.29 is 0 Å². The molecule has 0 bridgehead atoms. The lowest BCUT2D eigenvalue weighted by atomic mass is 10.4. The Morgan fingerprint density at radius 3 is 1.58 bits per heavy atom. The van der Waals surface area contributed by atoms with Gasteiger partial charge in [-0.15, -0.1) is 0 Å². The van der Waals surface area contributed by atoms with E-state index >= 15 is 0 Å². The van der Waals surface area contributed by atoms with Gasteiger partial charge in [0.1, 0.15) is 0 Å². The second kappa shape index (κ2) is 4.49. The molecule has 74 valence electrons. The van der Waals surface area contributed by atoms with Gasteiger partial charge >= 0.3 is 0 Å². The molecule has 0 aliphatic heterocycles. The molecule has 0 saturated heterocycles. The van der Waals surface area contributed by atoms with Crippen molar-refractivity contribution in [2.75, 3.05) is 0 Å². The molecule has 1 unspecified atom stereocenters. The third-order valence-corrected chi connectivity index (χ3v) is 8.01. The largest absolute Gasteiger partial charge is 0.168 e. The minimum absolute atomic E-state index is 0.693. The molecule has 0 saturated carbocycles. The summed E-state index contributed by atoms with van der Waals surface area (Å²) in [5.74, 6) is 0. The highest BCUT2D eigenvalue weighted by Crippen LogP contribution is 2.37. The lowest BCUT2D eigenvalue weighted by Gasteiger charge is -2.29. The van der Waals surface area contributed by atoms with Gasteiger partial charge in [-0.2, -0.15) is 22.2 Å². The van der Waals surface area contributed by atoms with Crippen LogP contribution in [-0.4, -0.2) is 14.8 Å². The lowest BCUT2D eigenvalue weighted by molar-refractivity contribution is 0.842. The van der Waals surface area contributed by atoms with Gasteiger partial charge in [0.25, 0.3) is 0 Å². The van der Waals surface area contributed by atoms with E-state index in [1.54, 1.807) is 0 Å². The number of halogens is 2. The molecule has 0 aliphatic rings. The van der Waals surface area contributed by atoms with E-state index in [-0.39, 0.29) is 0 Å². The molecule has 0 aromatic rings. The van der Waals surface area contributed by atoms with Crippen molar-refractivity contribution in [3.63, 3.8) is 0 Å². The summed E-state index contributed by atoms with van der Waals surface area (Å²) in [7, 11) is -2.90. The molecule has 0 amide bonds. The Balaban J connectivity index is 4.20. The second-order valence-electron chi connectivity index (χ2n) is 4.59. The fourth-order valence-electron chi connectivity index (χ4n) is 1.46. The van der Waals surface area contributed by atoms with E-state index < -0.39 is 14.8 Å². The van der Waals surface area contributed by atoms with Crippen molar-refractivity contribution in [1.82, 2.24) is 0 Å². The average Bonchev–Trinajstić information content (AvgIpc) is 1.78.